The Labute approximate surface area is 104 Å². The van der Waals surface area contributed by atoms with Gasteiger partial charge in [0.05, 0.1) is 12.2 Å². The number of carbonyl (C=O) groups excluding carboxylic acids is 1. The molecule has 0 unspecified atom stereocenters. The van der Waals surface area contributed by atoms with Gasteiger partial charge in [0.1, 0.15) is 0 Å². The molecule has 3 heteroatoms. The quantitative estimate of drug-likeness (QED) is 0.391. The van der Waals surface area contributed by atoms with Crippen LogP contribution < -0.4 is 5.32 Å². The average Bonchev–Trinajstić information content (AvgIpc) is 2.31. The number of hydrogen-bond donors (Lipinski definition) is 1. The molecule has 94 valence electrons. The van der Waals surface area contributed by atoms with Gasteiger partial charge in [0, 0.05) is 6.08 Å². The van der Waals surface area contributed by atoms with Crippen molar-refractivity contribution in [3.8, 4) is 0 Å². The van der Waals surface area contributed by atoms with E-state index in [0.29, 0.717) is 12.2 Å². The Bertz CT molecular complexity index is 327. The zero-order valence-corrected chi connectivity index (χ0v) is 10.8. The number of allylic oxidation sites excluding steroid dienone is 3. The van der Waals surface area contributed by atoms with Crippen LogP contribution in [0.5, 0.6) is 0 Å². The molecule has 1 amide bonds. The Morgan fingerprint density at radius 1 is 1.47 bits per heavy atom. The van der Waals surface area contributed by atoms with Crippen molar-refractivity contribution in [3.05, 3.63) is 36.1 Å². The van der Waals surface area contributed by atoms with Gasteiger partial charge >= 0.3 is 0 Å². The molecule has 0 saturated heterocycles. The summed E-state index contributed by atoms with van der Waals surface area (Å²) in [6, 6.07) is 0. The van der Waals surface area contributed by atoms with Gasteiger partial charge < -0.3 is 5.32 Å². The van der Waals surface area contributed by atoms with Gasteiger partial charge in [-0.1, -0.05) is 31.6 Å². The van der Waals surface area contributed by atoms with Crippen molar-refractivity contribution >= 4 is 12.6 Å². The van der Waals surface area contributed by atoms with Crippen LogP contribution in [0.3, 0.4) is 0 Å². The highest BCUT2D eigenvalue weighted by Gasteiger charge is 1.99. The molecule has 17 heavy (non-hydrogen) atoms. The first-order valence-electron chi connectivity index (χ1n) is 5.87. The topological polar surface area (TPSA) is 41.5 Å². The normalized spacial score (nSPS) is 12.1. The average molecular weight is 234 g/mol. The van der Waals surface area contributed by atoms with Crippen molar-refractivity contribution < 1.29 is 4.79 Å². The fraction of sp³-hybridized carbons (Fsp3) is 0.429. The highest BCUT2D eigenvalue weighted by Crippen LogP contribution is 2.05. The summed E-state index contributed by atoms with van der Waals surface area (Å²) in [6.07, 6.45) is 8.22. The van der Waals surface area contributed by atoms with Gasteiger partial charge in [-0.3, -0.25) is 9.79 Å². The zero-order chi connectivity index (χ0) is 13.1. The van der Waals surface area contributed by atoms with E-state index in [9.17, 15) is 4.79 Å². The van der Waals surface area contributed by atoms with Crippen LogP contribution in [0.1, 0.15) is 33.1 Å². The van der Waals surface area contributed by atoms with Gasteiger partial charge in [-0.2, -0.15) is 0 Å². The largest absolute Gasteiger partial charge is 0.347 e. The lowest BCUT2D eigenvalue weighted by Crippen LogP contribution is -2.23. The predicted molar refractivity (Wildman–Crippen MR) is 74.1 cm³/mol. The molecule has 0 aliphatic carbocycles. The van der Waals surface area contributed by atoms with Gasteiger partial charge in [-0.15, -0.1) is 0 Å². The Kier molecular flexibility index (Phi) is 8.65. The predicted octanol–water partition coefficient (Wildman–Crippen LogP) is 3.01. The highest BCUT2D eigenvalue weighted by molar-refractivity contribution is 5.88. The Balaban J connectivity index is 4.13. The number of nitrogens with zero attached hydrogens (tertiary/aromatic N) is 1. The maximum absolute atomic E-state index is 11.5. The molecule has 0 aromatic rings. The molecule has 0 atom stereocenters. The van der Waals surface area contributed by atoms with Crippen molar-refractivity contribution in [1.82, 2.24) is 5.32 Å². The lowest BCUT2D eigenvalue weighted by Gasteiger charge is -2.03. The van der Waals surface area contributed by atoms with Crippen molar-refractivity contribution in [3.63, 3.8) is 0 Å². The minimum atomic E-state index is -0.0859. The van der Waals surface area contributed by atoms with Crippen LogP contribution in [0.15, 0.2) is 41.1 Å². The summed E-state index contributed by atoms with van der Waals surface area (Å²) in [4.78, 5) is 15.3. The van der Waals surface area contributed by atoms with Gasteiger partial charge in [0.15, 0.2) is 0 Å². The van der Waals surface area contributed by atoms with Gasteiger partial charge in [-0.25, -0.2) is 0 Å². The SMILES string of the molecule is C=C/C=C(/CNC(=O)/C=C(\C)CCCC)N=C. The number of carbonyl (C=O) groups is 1. The van der Waals surface area contributed by atoms with Gasteiger partial charge in [0.2, 0.25) is 5.91 Å². The third-order valence-corrected chi connectivity index (χ3v) is 2.26. The third kappa shape index (κ3) is 8.20. The molecule has 0 aromatic carbocycles. The molecule has 0 spiro atoms. The van der Waals surface area contributed by atoms with Crippen LogP contribution in [0.25, 0.3) is 0 Å². The molecule has 1 N–H and O–H groups in total. The fourth-order valence-corrected chi connectivity index (χ4v) is 1.28. The molecule has 3 nitrogen and oxygen atoms in total. The van der Waals surface area contributed by atoms with Gasteiger partial charge in [-0.05, 0) is 32.6 Å². The van der Waals surface area contributed by atoms with Crippen LogP contribution in [-0.4, -0.2) is 19.2 Å². The van der Waals surface area contributed by atoms with Crippen LogP contribution in [-0.2, 0) is 4.79 Å². The van der Waals surface area contributed by atoms with E-state index in [1.54, 1.807) is 18.2 Å². The lowest BCUT2D eigenvalue weighted by molar-refractivity contribution is -0.116. The minimum Gasteiger partial charge on any atom is -0.347 e. The number of amides is 1. The van der Waals surface area contributed by atoms with E-state index in [2.05, 4.69) is 30.5 Å². The van der Waals surface area contributed by atoms with E-state index in [1.807, 2.05) is 6.92 Å². The number of hydrogen-bond acceptors (Lipinski definition) is 2. The van der Waals surface area contributed by atoms with E-state index in [1.165, 1.54) is 0 Å². The molecular weight excluding hydrogens is 212 g/mol. The minimum absolute atomic E-state index is 0.0859. The van der Waals surface area contributed by atoms with Crippen molar-refractivity contribution in [1.29, 1.82) is 0 Å². The fourth-order valence-electron chi connectivity index (χ4n) is 1.28. The molecule has 0 heterocycles. The molecule has 0 rings (SSSR count). The maximum Gasteiger partial charge on any atom is 0.244 e. The smallest absolute Gasteiger partial charge is 0.244 e. The molecule has 0 fully saturated rings. The standard InChI is InChI=1S/C14H22N2O/c1-5-7-9-12(3)10-14(17)16-11-13(15-4)8-6-2/h6,8,10H,2,4-5,7,9,11H2,1,3H3,(H,16,17)/b12-10+,13-8-. The molecule has 0 bridgehead atoms. The second kappa shape index (κ2) is 9.58. The van der Waals surface area contributed by atoms with Gasteiger partial charge in [0.25, 0.3) is 0 Å². The molecule has 0 saturated carbocycles. The molecule has 0 aliphatic rings. The van der Waals surface area contributed by atoms with Crippen molar-refractivity contribution in [2.45, 2.75) is 33.1 Å². The summed E-state index contributed by atoms with van der Waals surface area (Å²) in [5.41, 5.74) is 1.80. The van der Waals surface area contributed by atoms with Crippen LogP contribution in [0.2, 0.25) is 0 Å². The summed E-state index contributed by atoms with van der Waals surface area (Å²) in [7, 11) is 0. The summed E-state index contributed by atoms with van der Waals surface area (Å²) >= 11 is 0. The first kappa shape index (κ1) is 15.4. The lowest BCUT2D eigenvalue weighted by atomic mass is 10.1. The number of nitrogens with one attached hydrogen (secondary N) is 1. The molecule has 0 radical (unpaired) electrons. The van der Waals surface area contributed by atoms with Crippen molar-refractivity contribution in [2.75, 3.05) is 6.54 Å². The van der Waals surface area contributed by atoms with E-state index in [0.717, 1.165) is 24.8 Å². The summed E-state index contributed by atoms with van der Waals surface area (Å²) in [5, 5.41) is 2.76. The highest BCUT2D eigenvalue weighted by atomic mass is 16.1. The number of aliphatic imine (C=N–C) groups is 1. The first-order chi connectivity index (χ1) is 8.13. The van der Waals surface area contributed by atoms with Crippen LogP contribution in [0, 0.1) is 0 Å². The van der Waals surface area contributed by atoms with E-state index >= 15 is 0 Å². The number of rotatable bonds is 8. The Hall–Kier alpha value is -1.64. The zero-order valence-electron chi connectivity index (χ0n) is 10.8. The molecule has 0 aliphatic heterocycles. The summed E-state index contributed by atoms with van der Waals surface area (Å²) in [6.45, 7) is 11.5. The molecular formula is C14H22N2O. The van der Waals surface area contributed by atoms with E-state index < -0.39 is 0 Å². The van der Waals surface area contributed by atoms with Crippen LogP contribution in [0.4, 0.5) is 0 Å². The summed E-state index contributed by atoms with van der Waals surface area (Å²) in [5.74, 6) is -0.0859. The van der Waals surface area contributed by atoms with E-state index in [4.69, 9.17) is 0 Å². The Morgan fingerprint density at radius 3 is 2.71 bits per heavy atom. The summed E-state index contributed by atoms with van der Waals surface area (Å²) < 4.78 is 0. The van der Waals surface area contributed by atoms with E-state index in [-0.39, 0.29) is 5.91 Å². The maximum atomic E-state index is 11.5. The second-order valence-electron chi connectivity index (χ2n) is 3.86. The first-order valence-corrected chi connectivity index (χ1v) is 5.87. The second-order valence-corrected chi connectivity index (χ2v) is 3.86. The third-order valence-electron chi connectivity index (χ3n) is 2.26. The monoisotopic (exact) mass is 234 g/mol. The van der Waals surface area contributed by atoms with Crippen molar-refractivity contribution in [2.24, 2.45) is 4.99 Å². The molecule has 0 aromatic heterocycles. The van der Waals surface area contributed by atoms with Crippen LogP contribution >= 0.6 is 0 Å². The Morgan fingerprint density at radius 2 is 2.18 bits per heavy atom. The number of unbranched alkanes of at least 4 members (excludes halogenated alkanes) is 1.